The highest BCUT2D eigenvalue weighted by Gasteiger charge is 2.49. The van der Waals surface area contributed by atoms with Crippen LogP contribution in [0.15, 0.2) is 48.5 Å². The minimum absolute atomic E-state index is 0.00280. The summed E-state index contributed by atoms with van der Waals surface area (Å²) in [6, 6.07) is 8.41. The quantitative estimate of drug-likeness (QED) is 0.657. The second-order valence-electron chi connectivity index (χ2n) is 9.33. The fourth-order valence-corrected chi connectivity index (χ4v) is 5.25. The molecule has 8 nitrogen and oxygen atoms in total. The predicted molar refractivity (Wildman–Crippen MR) is 130 cm³/mol. The number of benzene rings is 2. The maximum absolute atomic E-state index is 14.7. The summed E-state index contributed by atoms with van der Waals surface area (Å²) in [5, 5.41) is 20.0. The Hall–Kier alpha value is -3.66. The van der Waals surface area contributed by atoms with Crippen molar-refractivity contribution in [2.24, 2.45) is 0 Å². The molecule has 0 radical (unpaired) electrons. The molecule has 0 aromatic heterocycles. The highest BCUT2D eigenvalue weighted by Crippen LogP contribution is 2.39. The SMILES string of the molecule is CCC1(N(C)C(=O)N2CC(c3cc(F)ccc3F)=CC2c2cccc(O)c2)CN(C)CCN1C(=O)O. The van der Waals surface area contributed by atoms with Crippen LogP contribution in [0.1, 0.15) is 30.5 Å². The van der Waals surface area contributed by atoms with Gasteiger partial charge in [-0.1, -0.05) is 25.1 Å². The summed E-state index contributed by atoms with van der Waals surface area (Å²) >= 11 is 0. The van der Waals surface area contributed by atoms with Crippen LogP contribution in [0, 0.1) is 11.6 Å². The topological polar surface area (TPSA) is 87.6 Å². The Balaban J connectivity index is 1.75. The van der Waals surface area contributed by atoms with Crippen LogP contribution in [-0.4, -0.2) is 87.9 Å². The van der Waals surface area contributed by atoms with E-state index >= 15 is 0 Å². The fourth-order valence-electron chi connectivity index (χ4n) is 5.25. The molecule has 0 spiro atoms. The molecule has 2 unspecified atom stereocenters. The van der Waals surface area contributed by atoms with Gasteiger partial charge in [-0.2, -0.15) is 0 Å². The molecular formula is C26H30F2N4O4. The number of urea groups is 1. The van der Waals surface area contributed by atoms with Crippen LogP contribution in [0.3, 0.4) is 0 Å². The van der Waals surface area contributed by atoms with E-state index in [2.05, 4.69) is 0 Å². The molecule has 1 saturated heterocycles. The summed E-state index contributed by atoms with van der Waals surface area (Å²) in [5.74, 6) is -1.21. The summed E-state index contributed by atoms with van der Waals surface area (Å²) < 4.78 is 28.6. The molecule has 2 aliphatic heterocycles. The minimum atomic E-state index is -1.12. The predicted octanol–water partition coefficient (Wildman–Crippen LogP) is 4.19. The number of hydrogen-bond donors (Lipinski definition) is 2. The van der Waals surface area contributed by atoms with Crippen molar-refractivity contribution in [1.29, 1.82) is 0 Å². The zero-order valence-electron chi connectivity index (χ0n) is 20.5. The molecule has 3 amide bonds. The Labute approximate surface area is 208 Å². The molecule has 2 N–H and O–H groups in total. The number of carbonyl (C=O) groups is 2. The molecule has 2 aliphatic rings. The second kappa shape index (κ2) is 9.77. The normalized spacial score (nSPS) is 22.5. The number of hydrogen-bond acceptors (Lipinski definition) is 4. The van der Waals surface area contributed by atoms with E-state index in [0.29, 0.717) is 30.6 Å². The van der Waals surface area contributed by atoms with E-state index < -0.39 is 35.5 Å². The number of phenols is 1. The molecule has 192 valence electrons. The van der Waals surface area contributed by atoms with Crippen LogP contribution in [0.5, 0.6) is 5.75 Å². The lowest BCUT2D eigenvalue weighted by atomic mass is 9.99. The first-order valence-electron chi connectivity index (χ1n) is 11.8. The molecular weight excluding hydrogens is 470 g/mol. The molecule has 10 heteroatoms. The Morgan fingerprint density at radius 1 is 1.17 bits per heavy atom. The van der Waals surface area contributed by atoms with E-state index in [1.807, 2.05) is 18.9 Å². The van der Waals surface area contributed by atoms with Crippen molar-refractivity contribution in [2.45, 2.75) is 25.0 Å². The zero-order chi connectivity index (χ0) is 26.2. The monoisotopic (exact) mass is 500 g/mol. The van der Waals surface area contributed by atoms with Crippen molar-refractivity contribution < 1.29 is 28.6 Å². The summed E-state index contributed by atoms with van der Waals surface area (Å²) in [6.45, 7) is 2.91. The maximum atomic E-state index is 14.7. The molecule has 2 atom stereocenters. The van der Waals surface area contributed by atoms with Gasteiger partial charge < -0.3 is 24.9 Å². The molecule has 4 rings (SSSR count). The number of aromatic hydroxyl groups is 1. The zero-order valence-corrected chi connectivity index (χ0v) is 20.5. The summed E-state index contributed by atoms with van der Waals surface area (Å²) in [6.07, 6.45) is 0.921. The molecule has 2 heterocycles. The number of likely N-dealkylation sites (N-methyl/N-ethyl adjacent to an activating group) is 2. The number of carbonyl (C=O) groups excluding carboxylic acids is 1. The van der Waals surface area contributed by atoms with Gasteiger partial charge in [-0.15, -0.1) is 0 Å². The van der Waals surface area contributed by atoms with Crippen LogP contribution >= 0.6 is 0 Å². The maximum Gasteiger partial charge on any atom is 0.409 e. The molecule has 0 aliphatic carbocycles. The van der Waals surface area contributed by atoms with Crippen molar-refractivity contribution in [3.63, 3.8) is 0 Å². The van der Waals surface area contributed by atoms with E-state index in [0.717, 1.165) is 18.2 Å². The van der Waals surface area contributed by atoms with Crippen molar-refractivity contribution in [1.82, 2.24) is 19.6 Å². The Morgan fingerprint density at radius 2 is 1.92 bits per heavy atom. The number of nitrogens with zero attached hydrogens (tertiary/aromatic N) is 4. The van der Waals surface area contributed by atoms with E-state index in [-0.39, 0.29) is 24.4 Å². The summed E-state index contributed by atoms with van der Waals surface area (Å²) in [4.78, 5) is 32.4. The van der Waals surface area contributed by atoms with Gasteiger partial charge in [0.25, 0.3) is 0 Å². The summed E-state index contributed by atoms with van der Waals surface area (Å²) in [7, 11) is 3.45. The highest BCUT2D eigenvalue weighted by molar-refractivity contribution is 5.83. The third-order valence-electron chi connectivity index (χ3n) is 7.21. The van der Waals surface area contributed by atoms with E-state index in [1.165, 1.54) is 26.8 Å². The minimum Gasteiger partial charge on any atom is -0.508 e. The number of piperazine rings is 1. The number of carboxylic acid groups (broad SMARTS) is 1. The van der Waals surface area contributed by atoms with Crippen LogP contribution in [0.2, 0.25) is 0 Å². The fraction of sp³-hybridized carbons (Fsp3) is 0.385. The average Bonchev–Trinajstić information content (AvgIpc) is 3.29. The van der Waals surface area contributed by atoms with Gasteiger partial charge in [-0.05, 0) is 54.9 Å². The Kier molecular flexibility index (Phi) is 6.90. The molecule has 0 bridgehead atoms. The Bertz CT molecular complexity index is 1210. The van der Waals surface area contributed by atoms with Crippen LogP contribution < -0.4 is 0 Å². The van der Waals surface area contributed by atoms with Gasteiger partial charge in [-0.3, -0.25) is 4.90 Å². The smallest absolute Gasteiger partial charge is 0.409 e. The number of rotatable bonds is 4. The van der Waals surface area contributed by atoms with Gasteiger partial charge in [-0.25, -0.2) is 18.4 Å². The van der Waals surface area contributed by atoms with Gasteiger partial charge in [0.1, 0.15) is 23.0 Å². The van der Waals surface area contributed by atoms with Crippen LogP contribution in [0.4, 0.5) is 18.4 Å². The third kappa shape index (κ3) is 4.48. The highest BCUT2D eigenvalue weighted by atomic mass is 19.1. The van der Waals surface area contributed by atoms with Gasteiger partial charge in [0, 0.05) is 38.8 Å². The number of amides is 3. The largest absolute Gasteiger partial charge is 0.508 e. The molecule has 36 heavy (non-hydrogen) atoms. The van der Waals surface area contributed by atoms with Gasteiger partial charge >= 0.3 is 12.1 Å². The summed E-state index contributed by atoms with van der Waals surface area (Å²) in [5.41, 5.74) is -0.0621. The first-order valence-corrected chi connectivity index (χ1v) is 11.8. The van der Waals surface area contributed by atoms with E-state index in [4.69, 9.17) is 0 Å². The lowest BCUT2D eigenvalue weighted by Crippen LogP contribution is -2.71. The van der Waals surface area contributed by atoms with E-state index in [9.17, 15) is 28.6 Å². The second-order valence-corrected chi connectivity index (χ2v) is 9.33. The third-order valence-corrected chi connectivity index (χ3v) is 7.21. The van der Waals surface area contributed by atoms with Crippen LogP contribution in [0.25, 0.3) is 5.57 Å². The van der Waals surface area contributed by atoms with Gasteiger partial charge in [0.05, 0.1) is 6.04 Å². The molecule has 2 aromatic rings. The molecule has 2 aromatic carbocycles. The standard InChI is InChI=1S/C26H30F2N4O4/c1-4-26(16-29(2)10-11-32(26)25(35)36)30(3)24(34)31-15-18(21-14-19(27)8-9-22(21)28)13-23(31)17-6-5-7-20(33)12-17/h5-9,12-14,23,33H,4,10-11,15-16H2,1-3H3,(H,35,36). The van der Waals surface area contributed by atoms with Gasteiger partial charge in [0.15, 0.2) is 0 Å². The lowest BCUT2D eigenvalue weighted by molar-refractivity contribution is -0.0655. The Morgan fingerprint density at radius 3 is 2.58 bits per heavy atom. The van der Waals surface area contributed by atoms with Crippen LogP contribution in [-0.2, 0) is 0 Å². The van der Waals surface area contributed by atoms with Crippen molar-refractivity contribution in [3.8, 4) is 5.75 Å². The first-order chi connectivity index (χ1) is 17.1. The van der Waals surface area contributed by atoms with Crippen molar-refractivity contribution in [2.75, 3.05) is 40.3 Å². The van der Waals surface area contributed by atoms with E-state index in [1.54, 1.807) is 25.3 Å². The van der Waals surface area contributed by atoms with Crippen molar-refractivity contribution >= 4 is 17.7 Å². The number of halogens is 2. The first kappa shape index (κ1) is 25.4. The lowest BCUT2D eigenvalue weighted by Gasteiger charge is -2.53. The van der Waals surface area contributed by atoms with Gasteiger partial charge in [0.2, 0.25) is 0 Å². The average molecular weight is 501 g/mol. The molecule has 1 fully saturated rings. The number of phenolic OH excluding ortho intramolecular Hbond substituents is 1. The molecule has 0 saturated carbocycles. The van der Waals surface area contributed by atoms with Crippen molar-refractivity contribution in [3.05, 3.63) is 71.3 Å².